The first-order valence-electron chi connectivity index (χ1n) is 7.08. The zero-order chi connectivity index (χ0) is 15.6. The summed E-state index contributed by atoms with van der Waals surface area (Å²) in [6.45, 7) is 15.1. The Kier molecular flexibility index (Phi) is 6.75. The number of aromatic nitrogens is 2. The molecule has 0 unspecified atom stereocenters. The highest BCUT2D eigenvalue weighted by molar-refractivity contribution is 14.1. The van der Waals surface area contributed by atoms with E-state index in [2.05, 4.69) is 84.0 Å². The second-order valence-corrected chi connectivity index (χ2v) is 13.0. The minimum Gasteiger partial charge on any atom is -0.415 e. The lowest BCUT2D eigenvalue weighted by atomic mass is 10.2. The Morgan fingerprint density at radius 1 is 1.35 bits per heavy atom. The molecule has 1 aromatic rings. The van der Waals surface area contributed by atoms with Gasteiger partial charge in [-0.25, -0.2) is 0 Å². The summed E-state index contributed by atoms with van der Waals surface area (Å²) in [4.78, 5) is 0. The highest BCUT2D eigenvalue weighted by Gasteiger charge is 2.36. The van der Waals surface area contributed by atoms with E-state index < -0.39 is 8.32 Å². The van der Waals surface area contributed by atoms with Crippen molar-refractivity contribution in [2.45, 2.75) is 64.1 Å². The number of alkyl halides is 1. The van der Waals surface area contributed by atoms with Crippen molar-refractivity contribution >= 4 is 46.8 Å². The molecule has 20 heavy (non-hydrogen) atoms. The number of aryl methyl sites for hydroxylation is 1. The van der Waals surface area contributed by atoms with Crippen molar-refractivity contribution in [1.82, 2.24) is 9.78 Å². The predicted octanol–water partition coefficient (Wildman–Crippen LogP) is 4.97. The SMILES string of the molecule is CCc1nn(CCO[Si](C)(C)C(C)(C)C)c(CBr)c1I. The fourth-order valence-electron chi connectivity index (χ4n) is 1.67. The Labute approximate surface area is 146 Å². The van der Waals surface area contributed by atoms with Gasteiger partial charge in [-0.05, 0) is 47.1 Å². The van der Waals surface area contributed by atoms with E-state index in [1.807, 2.05) is 0 Å². The predicted molar refractivity (Wildman–Crippen MR) is 100 cm³/mol. The molecule has 0 amide bonds. The fraction of sp³-hybridized carbons (Fsp3) is 0.786. The molecule has 0 aliphatic carbocycles. The Morgan fingerprint density at radius 3 is 2.40 bits per heavy atom. The molecule has 0 bridgehead atoms. The van der Waals surface area contributed by atoms with E-state index in [1.165, 1.54) is 15.0 Å². The molecule has 6 heteroatoms. The maximum Gasteiger partial charge on any atom is 0.192 e. The number of rotatable bonds is 6. The first kappa shape index (κ1) is 18.6. The van der Waals surface area contributed by atoms with Crippen LogP contribution < -0.4 is 0 Å². The van der Waals surface area contributed by atoms with Gasteiger partial charge in [0.2, 0.25) is 0 Å². The van der Waals surface area contributed by atoms with E-state index in [0.717, 1.165) is 24.9 Å². The molecule has 3 nitrogen and oxygen atoms in total. The molecule has 0 aromatic carbocycles. The highest BCUT2D eigenvalue weighted by atomic mass is 127. The summed E-state index contributed by atoms with van der Waals surface area (Å²) in [5.74, 6) is 0. The van der Waals surface area contributed by atoms with Gasteiger partial charge in [-0.15, -0.1) is 0 Å². The largest absolute Gasteiger partial charge is 0.415 e. The van der Waals surface area contributed by atoms with E-state index in [-0.39, 0.29) is 5.04 Å². The van der Waals surface area contributed by atoms with E-state index in [0.29, 0.717) is 0 Å². The van der Waals surface area contributed by atoms with Gasteiger partial charge in [0.15, 0.2) is 8.32 Å². The smallest absolute Gasteiger partial charge is 0.192 e. The third-order valence-electron chi connectivity index (χ3n) is 4.09. The van der Waals surface area contributed by atoms with Crippen molar-refractivity contribution in [3.05, 3.63) is 15.0 Å². The van der Waals surface area contributed by atoms with Gasteiger partial charge in [0.05, 0.1) is 28.1 Å². The quantitative estimate of drug-likeness (QED) is 0.332. The number of hydrogen-bond donors (Lipinski definition) is 0. The van der Waals surface area contributed by atoms with Crippen LogP contribution in [0.2, 0.25) is 18.1 Å². The molecule has 1 rings (SSSR count). The standard InChI is InChI=1S/C14H26BrIN2OSi/c1-7-11-13(16)12(10-15)18(17-11)8-9-19-20(5,6)14(2,3)4/h7-10H2,1-6H3. The van der Waals surface area contributed by atoms with E-state index in [1.54, 1.807) is 0 Å². The van der Waals surface area contributed by atoms with Crippen LogP contribution in [0, 0.1) is 3.57 Å². The van der Waals surface area contributed by atoms with Gasteiger partial charge >= 0.3 is 0 Å². The second-order valence-electron chi connectivity index (χ2n) is 6.53. The molecule has 116 valence electrons. The van der Waals surface area contributed by atoms with Gasteiger partial charge < -0.3 is 4.43 Å². The van der Waals surface area contributed by atoms with Crippen LogP contribution in [-0.2, 0) is 22.7 Å². The molecule has 0 saturated carbocycles. The lowest BCUT2D eigenvalue weighted by Crippen LogP contribution is -2.41. The Morgan fingerprint density at radius 2 is 1.95 bits per heavy atom. The van der Waals surface area contributed by atoms with Gasteiger partial charge in [-0.2, -0.15) is 5.10 Å². The Bertz CT molecular complexity index is 455. The van der Waals surface area contributed by atoms with E-state index in [4.69, 9.17) is 9.52 Å². The second kappa shape index (κ2) is 7.24. The molecular weight excluding hydrogens is 447 g/mol. The molecule has 0 atom stereocenters. The summed E-state index contributed by atoms with van der Waals surface area (Å²) in [5.41, 5.74) is 2.45. The first-order chi connectivity index (χ1) is 9.14. The molecular formula is C14H26BrIN2OSi. The highest BCUT2D eigenvalue weighted by Crippen LogP contribution is 2.36. The molecule has 0 radical (unpaired) electrons. The van der Waals surface area contributed by atoms with Crippen LogP contribution in [0.1, 0.15) is 39.1 Å². The maximum atomic E-state index is 6.24. The van der Waals surface area contributed by atoms with Crippen molar-refractivity contribution in [3.63, 3.8) is 0 Å². The summed E-state index contributed by atoms with van der Waals surface area (Å²) in [5, 5.41) is 5.80. The first-order valence-corrected chi connectivity index (χ1v) is 12.2. The van der Waals surface area contributed by atoms with Crippen LogP contribution in [0.5, 0.6) is 0 Å². The Hall–Kier alpha value is 0.597. The van der Waals surface area contributed by atoms with Crippen LogP contribution >= 0.6 is 38.5 Å². The fourth-order valence-corrected chi connectivity index (χ4v) is 4.76. The van der Waals surface area contributed by atoms with Crippen molar-refractivity contribution in [2.24, 2.45) is 0 Å². The third-order valence-corrected chi connectivity index (χ3v) is 10.4. The topological polar surface area (TPSA) is 27.1 Å². The minimum atomic E-state index is -1.66. The van der Waals surface area contributed by atoms with Gasteiger partial charge in [0.25, 0.3) is 0 Å². The number of halogens is 2. The molecule has 0 aliphatic heterocycles. The monoisotopic (exact) mass is 472 g/mol. The lowest BCUT2D eigenvalue weighted by Gasteiger charge is -2.36. The molecule has 0 fully saturated rings. The van der Waals surface area contributed by atoms with E-state index >= 15 is 0 Å². The zero-order valence-electron chi connectivity index (χ0n) is 13.4. The number of nitrogens with zero attached hydrogens (tertiary/aromatic N) is 2. The minimum absolute atomic E-state index is 0.262. The van der Waals surface area contributed by atoms with Crippen LogP contribution in [0.4, 0.5) is 0 Å². The molecule has 1 heterocycles. The third kappa shape index (κ3) is 4.30. The van der Waals surface area contributed by atoms with Gasteiger partial charge in [-0.3, -0.25) is 4.68 Å². The van der Waals surface area contributed by atoms with Crippen molar-refractivity contribution < 1.29 is 4.43 Å². The van der Waals surface area contributed by atoms with Crippen LogP contribution in [0.25, 0.3) is 0 Å². The normalized spacial score (nSPS) is 13.0. The maximum absolute atomic E-state index is 6.24. The molecule has 0 N–H and O–H groups in total. The lowest BCUT2D eigenvalue weighted by molar-refractivity contribution is 0.264. The molecule has 1 aromatic heterocycles. The average molecular weight is 473 g/mol. The van der Waals surface area contributed by atoms with Gasteiger partial charge in [-0.1, -0.05) is 43.6 Å². The van der Waals surface area contributed by atoms with E-state index in [9.17, 15) is 0 Å². The average Bonchev–Trinajstić information content (AvgIpc) is 2.63. The number of hydrogen-bond acceptors (Lipinski definition) is 2. The molecule has 0 saturated heterocycles. The summed E-state index contributed by atoms with van der Waals surface area (Å²) in [7, 11) is -1.66. The van der Waals surface area contributed by atoms with Crippen LogP contribution in [-0.4, -0.2) is 24.7 Å². The van der Waals surface area contributed by atoms with Crippen molar-refractivity contribution in [1.29, 1.82) is 0 Å². The summed E-state index contributed by atoms with van der Waals surface area (Å²) in [6.07, 6.45) is 0.981. The van der Waals surface area contributed by atoms with Gasteiger partial charge in [0, 0.05) is 5.33 Å². The summed E-state index contributed by atoms with van der Waals surface area (Å²) < 4.78 is 9.63. The van der Waals surface area contributed by atoms with Crippen molar-refractivity contribution in [3.8, 4) is 0 Å². The summed E-state index contributed by atoms with van der Waals surface area (Å²) in [6, 6.07) is 0. The van der Waals surface area contributed by atoms with Crippen LogP contribution in [0.3, 0.4) is 0 Å². The molecule has 0 spiro atoms. The van der Waals surface area contributed by atoms with Crippen molar-refractivity contribution in [2.75, 3.05) is 6.61 Å². The van der Waals surface area contributed by atoms with Gasteiger partial charge in [0.1, 0.15) is 0 Å². The molecule has 0 aliphatic rings. The van der Waals surface area contributed by atoms with Crippen LogP contribution in [0.15, 0.2) is 0 Å². The summed E-state index contributed by atoms with van der Waals surface area (Å²) >= 11 is 5.96. The Balaban J connectivity index is 2.72. The zero-order valence-corrected chi connectivity index (χ0v) is 18.1.